The number of halogens is 2. The van der Waals surface area contributed by atoms with E-state index in [1.165, 1.54) is 6.42 Å². The van der Waals surface area contributed by atoms with Gasteiger partial charge in [0.25, 0.3) is 5.91 Å². The Bertz CT molecular complexity index is 641. The number of rotatable bonds is 4. The Morgan fingerprint density at radius 1 is 1.35 bits per heavy atom. The molecule has 1 amide bonds. The van der Waals surface area contributed by atoms with E-state index in [2.05, 4.69) is 36.8 Å². The molecule has 3 N–H and O–H groups in total. The number of nitrogens with zero attached hydrogens (tertiary/aromatic N) is 1. The van der Waals surface area contributed by atoms with Gasteiger partial charge >= 0.3 is 0 Å². The molecule has 0 radical (unpaired) electrons. The van der Waals surface area contributed by atoms with Gasteiger partial charge in [-0.2, -0.15) is 5.10 Å². The van der Waals surface area contributed by atoms with Crippen LogP contribution in [0.5, 0.6) is 0 Å². The Morgan fingerprint density at radius 2 is 2.13 bits per heavy atom. The minimum Gasteiger partial charge on any atom is -0.350 e. The molecule has 0 saturated carbocycles. The van der Waals surface area contributed by atoms with Gasteiger partial charge in [-0.1, -0.05) is 30.3 Å². The predicted octanol–water partition coefficient (Wildman–Crippen LogP) is 2.99. The number of H-pyrrole nitrogens is 1. The molecule has 0 aliphatic carbocycles. The third kappa shape index (κ3) is 4.34. The van der Waals surface area contributed by atoms with Crippen molar-refractivity contribution in [2.75, 3.05) is 19.6 Å². The van der Waals surface area contributed by atoms with Crippen LogP contribution in [0.4, 0.5) is 0 Å². The SMILES string of the molecule is Cl.O=C(NCC1CCCNC1)c1[nH]nc(-c2ccccc2)c1Br. The first kappa shape index (κ1) is 18.0. The fourth-order valence-corrected chi connectivity index (χ4v) is 3.28. The van der Waals surface area contributed by atoms with E-state index in [1.807, 2.05) is 30.3 Å². The van der Waals surface area contributed by atoms with Crippen LogP contribution >= 0.6 is 28.3 Å². The quantitative estimate of drug-likeness (QED) is 0.740. The molecule has 1 aromatic carbocycles. The molecule has 3 rings (SSSR count). The van der Waals surface area contributed by atoms with Gasteiger partial charge in [0.05, 0.1) is 4.47 Å². The van der Waals surface area contributed by atoms with E-state index in [4.69, 9.17) is 0 Å². The van der Waals surface area contributed by atoms with Gasteiger partial charge in [-0.3, -0.25) is 9.89 Å². The Morgan fingerprint density at radius 3 is 2.83 bits per heavy atom. The smallest absolute Gasteiger partial charge is 0.270 e. The normalized spacial score (nSPS) is 17.3. The highest BCUT2D eigenvalue weighted by Crippen LogP contribution is 2.28. The standard InChI is InChI=1S/C16H19BrN4O.ClH/c17-13-14(12-6-2-1-3-7-12)20-21-15(13)16(22)19-10-11-5-4-8-18-9-11;/h1-3,6-7,11,18H,4-5,8-10H2,(H,19,22)(H,20,21);1H. The van der Waals surface area contributed by atoms with Gasteiger partial charge in [-0.25, -0.2) is 0 Å². The van der Waals surface area contributed by atoms with Crippen molar-refractivity contribution < 1.29 is 4.79 Å². The lowest BCUT2D eigenvalue weighted by Crippen LogP contribution is -2.38. The van der Waals surface area contributed by atoms with Crippen molar-refractivity contribution in [1.29, 1.82) is 0 Å². The van der Waals surface area contributed by atoms with Crippen LogP contribution in [0.3, 0.4) is 0 Å². The zero-order valence-electron chi connectivity index (χ0n) is 12.6. The van der Waals surface area contributed by atoms with Crippen LogP contribution in [0.25, 0.3) is 11.3 Å². The van der Waals surface area contributed by atoms with Crippen molar-refractivity contribution in [3.05, 3.63) is 40.5 Å². The van der Waals surface area contributed by atoms with E-state index in [0.29, 0.717) is 22.6 Å². The van der Waals surface area contributed by atoms with Gasteiger partial charge < -0.3 is 10.6 Å². The molecule has 7 heteroatoms. The lowest BCUT2D eigenvalue weighted by Gasteiger charge is -2.22. The van der Waals surface area contributed by atoms with Crippen LogP contribution in [0.15, 0.2) is 34.8 Å². The molecule has 0 bridgehead atoms. The lowest BCUT2D eigenvalue weighted by molar-refractivity contribution is 0.0939. The van der Waals surface area contributed by atoms with Gasteiger partial charge in [-0.15, -0.1) is 12.4 Å². The van der Waals surface area contributed by atoms with E-state index < -0.39 is 0 Å². The van der Waals surface area contributed by atoms with Crippen molar-refractivity contribution in [3.8, 4) is 11.3 Å². The largest absolute Gasteiger partial charge is 0.350 e. The molecule has 1 unspecified atom stereocenters. The van der Waals surface area contributed by atoms with Crippen LogP contribution in [0.1, 0.15) is 23.3 Å². The summed E-state index contributed by atoms with van der Waals surface area (Å²) in [7, 11) is 0. The number of aromatic amines is 1. The molecular weight excluding hydrogens is 380 g/mol. The molecule has 0 spiro atoms. The van der Waals surface area contributed by atoms with Crippen molar-refractivity contribution >= 4 is 34.2 Å². The second-order valence-electron chi connectivity index (χ2n) is 5.55. The average Bonchev–Trinajstić information content (AvgIpc) is 2.96. The number of aromatic nitrogens is 2. The topological polar surface area (TPSA) is 69.8 Å². The van der Waals surface area contributed by atoms with Crippen LogP contribution in [-0.2, 0) is 0 Å². The Balaban J connectivity index is 0.00000192. The van der Waals surface area contributed by atoms with E-state index in [9.17, 15) is 4.79 Å². The monoisotopic (exact) mass is 398 g/mol. The Labute approximate surface area is 150 Å². The predicted molar refractivity (Wildman–Crippen MR) is 96.9 cm³/mol. The van der Waals surface area contributed by atoms with Crippen molar-refractivity contribution in [3.63, 3.8) is 0 Å². The molecule has 1 atom stereocenters. The minimum atomic E-state index is -0.118. The van der Waals surface area contributed by atoms with Gasteiger partial charge in [0, 0.05) is 12.1 Å². The zero-order chi connectivity index (χ0) is 15.4. The molecule has 2 heterocycles. The molecule has 1 aromatic heterocycles. The summed E-state index contributed by atoms with van der Waals surface area (Å²) >= 11 is 3.49. The molecule has 124 valence electrons. The number of piperidine rings is 1. The lowest BCUT2D eigenvalue weighted by atomic mass is 10.00. The van der Waals surface area contributed by atoms with E-state index in [-0.39, 0.29) is 18.3 Å². The van der Waals surface area contributed by atoms with Crippen LogP contribution in [0.2, 0.25) is 0 Å². The molecule has 1 aliphatic heterocycles. The average molecular weight is 400 g/mol. The van der Waals surface area contributed by atoms with Gasteiger partial charge in [0.2, 0.25) is 0 Å². The summed E-state index contributed by atoms with van der Waals surface area (Å²) in [6.07, 6.45) is 2.33. The summed E-state index contributed by atoms with van der Waals surface area (Å²) in [6.45, 7) is 2.74. The Kier molecular flexibility index (Phi) is 6.62. The van der Waals surface area contributed by atoms with Gasteiger partial charge in [-0.05, 0) is 47.8 Å². The Hall–Kier alpha value is -1.37. The van der Waals surface area contributed by atoms with Crippen molar-refractivity contribution in [1.82, 2.24) is 20.8 Å². The van der Waals surface area contributed by atoms with E-state index >= 15 is 0 Å². The molecule has 2 aromatic rings. The minimum absolute atomic E-state index is 0. The molecule has 1 fully saturated rings. The van der Waals surface area contributed by atoms with E-state index in [1.54, 1.807) is 0 Å². The number of nitrogens with one attached hydrogen (secondary N) is 3. The number of hydrogen-bond acceptors (Lipinski definition) is 3. The summed E-state index contributed by atoms with van der Waals surface area (Å²) < 4.78 is 0.706. The molecule has 23 heavy (non-hydrogen) atoms. The highest BCUT2D eigenvalue weighted by atomic mass is 79.9. The zero-order valence-corrected chi connectivity index (χ0v) is 15.0. The molecule has 1 aliphatic rings. The second-order valence-corrected chi connectivity index (χ2v) is 6.34. The van der Waals surface area contributed by atoms with Crippen LogP contribution < -0.4 is 10.6 Å². The fourth-order valence-electron chi connectivity index (χ4n) is 2.69. The molecule has 5 nitrogen and oxygen atoms in total. The number of amides is 1. The number of carbonyl (C=O) groups is 1. The maximum atomic E-state index is 12.3. The van der Waals surface area contributed by atoms with E-state index in [0.717, 1.165) is 30.8 Å². The highest BCUT2D eigenvalue weighted by molar-refractivity contribution is 9.10. The molecular formula is C16H20BrClN4O. The van der Waals surface area contributed by atoms with Crippen LogP contribution in [0, 0.1) is 5.92 Å². The summed E-state index contributed by atoms with van der Waals surface area (Å²) in [5, 5.41) is 13.4. The number of benzene rings is 1. The number of hydrogen-bond donors (Lipinski definition) is 3. The highest BCUT2D eigenvalue weighted by Gasteiger charge is 2.20. The summed E-state index contributed by atoms with van der Waals surface area (Å²) in [5.74, 6) is 0.389. The third-order valence-electron chi connectivity index (χ3n) is 3.93. The maximum Gasteiger partial charge on any atom is 0.270 e. The summed E-state index contributed by atoms with van der Waals surface area (Å²) in [4.78, 5) is 12.3. The third-order valence-corrected chi connectivity index (χ3v) is 4.70. The second kappa shape index (κ2) is 8.47. The fraction of sp³-hybridized carbons (Fsp3) is 0.375. The summed E-state index contributed by atoms with van der Waals surface area (Å²) in [6, 6.07) is 9.79. The maximum absolute atomic E-state index is 12.3. The van der Waals surface area contributed by atoms with Gasteiger partial charge in [0.15, 0.2) is 0 Å². The number of carbonyl (C=O) groups excluding carboxylic acids is 1. The molecule has 1 saturated heterocycles. The first-order valence-corrected chi connectivity index (χ1v) is 8.33. The van der Waals surface area contributed by atoms with Crippen LogP contribution in [-0.4, -0.2) is 35.7 Å². The first-order chi connectivity index (χ1) is 10.8. The first-order valence-electron chi connectivity index (χ1n) is 7.54. The summed E-state index contributed by atoms with van der Waals surface area (Å²) in [5.41, 5.74) is 2.20. The van der Waals surface area contributed by atoms with Crippen molar-refractivity contribution in [2.45, 2.75) is 12.8 Å². The van der Waals surface area contributed by atoms with Crippen molar-refractivity contribution in [2.24, 2.45) is 5.92 Å². The van der Waals surface area contributed by atoms with Gasteiger partial charge in [0.1, 0.15) is 11.4 Å².